The van der Waals surface area contributed by atoms with Crippen LogP contribution in [0.5, 0.6) is 0 Å². The summed E-state index contributed by atoms with van der Waals surface area (Å²) >= 11 is 0. The first kappa shape index (κ1) is 17.6. The molecule has 1 aliphatic rings. The number of hydrogen-bond acceptors (Lipinski definition) is 6. The average molecular weight is 344 g/mol. The maximum absolute atomic E-state index is 11.5. The Morgan fingerprint density at radius 3 is 2.80 bits per heavy atom. The number of carbonyl (C=O) groups is 1. The van der Waals surface area contributed by atoms with Crippen molar-refractivity contribution in [1.82, 2.24) is 9.88 Å². The Labute approximate surface area is 147 Å². The van der Waals surface area contributed by atoms with E-state index in [0.29, 0.717) is 24.0 Å². The van der Waals surface area contributed by atoms with Gasteiger partial charge in [0.05, 0.1) is 25.0 Å². The highest BCUT2D eigenvalue weighted by atomic mass is 16.5. The molecule has 0 amide bonds. The number of oxazole rings is 1. The molecule has 1 aromatic carbocycles. The van der Waals surface area contributed by atoms with Crippen molar-refractivity contribution in [1.29, 1.82) is 0 Å². The number of methoxy groups -OCH3 is 1. The first-order chi connectivity index (χ1) is 12.1. The molecule has 6 heteroatoms. The Morgan fingerprint density at radius 2 is 2.12 bits per heavy atom. The molecule has 0 spiro atoms. The molecular formula is C19H24N2O4. The minimum Gasteiger partial charge on any atom is -0.465 e. The second-order valence-electron chi connectivity index (χ2n) is 6.50. The van der Waals surface area contributed by atoms with Gasteiger partial charge in [0.25, 0.3) is 0 Å². The molecule has 2 aromatic rings. The number of rotatable bonds is 5. The Bertz CT molecular complexity index is 710. The quantitative estimate of drug-likeness (QED) is 0.841. The number of benzene rings is 1. The van der Waals surface area contributed by atoms with Crippen molar-refractivity contribution < 1.29 is 19.1 Å². The standard InChI is InChI=1S/C19H24N2O4/c1-13-4-3-5-17(11-22)21(13)10-16-12-25-18(20-16)14-6-8-15(9-7-14)19(23)24-2/h6-9,12-13,17,22H,3-5,10-11H2,1-2H3/t13-,17-/m0/s1. The van der Waals surface area contributed by atoms with Crippen LogP contribution in [0.1, 0.15) is 42.2 Å². The summed E-state index contributed by atoms with van der Waals surface area (Å²) < 4.78 is 10.3. The fourth-order valence-corrected chi connectivity index (χ4v) is 3.39. The van der Waals surface area contributed by atoms with Gasteiger partial charge >= 0.3 is 5.97 Å². The molecule has 6 nitrogen and oxygen atoms in total. The number of ether oxygens (including phenoxy) is 1. The van der Waals surface area contributed by atoms with Crippen molar-refractivity contribution in [2.45, 2.75) is 44.8 Å². The number of nitrogens with zero attached hydrogens (tertiary/aromatic N) is 2. The number of likely N-dealkylation sites (tertiary alicyclic amines) is 1. The zero-order chi connectivity index (χ0) is 17.8. The van der Waals surface area contributed by atoms with Crippen LogP contribution < -0.4 is 0 Å². The third-order valence-electron chi connectivity index (χ3n) is 4.85. The summed E-state index contributed by atoms with van der Waals surface area (Å²) in [6, 6.07) is 7.58. The molecule has 1 N–H and O–H groups in total. The predicted molar refractivity (Wildman–Crippen MR) is 93.0 cm³/mol. The normalized spacial score (nSPS) is 21.2. The van der Waals surface area contributed by atoms with Crippen molar-refractivity contribution in [3.63, 3.8) is 0 Å². The molecule has 0 unspecified atom stereocenters. The highest BCUT2D eigenvalue weighted by Crippen LogP contribution is 2.26. The molecule has 1 aliphatic heterocycles. The molecule has 134 valence electrons. The van der Waals surface area contributed by atoms with Gasteiger partial charge in [-0.15, -0.1) is 0 Å². The zero-order valence-corrected chi connectivity index (χ0v) is 14.6. The van der Waals surface area contributed by atoms with Crippen molar-refractivity contribution in [2.24, 2.45) is 0 Å². The largest absolute Gasteiger partial charge is 0.465 e. The van der Waals surface area contributed by atoms with Gasteiger partial charge in [-0.2, -0.15) is 0 Å². The van der Waals surface area contributed by atoms with Gasteiger partial charge < -0.3 is 14.3 Å². The number of aliphatic hydroxyl groups is 1. The average Bonchev–Trinajstić information content (AvgIpc) is 3.11. The lowest BCUT2D eigenvalue weighted by Crippen LogP contribution is -2.46. The van der Waals surface area contributed by atoms with Crippen LogP contribution in [-0.4, -0.2) is 46.8 Å². The van der Waals surface area contributed by atoms with Crippen LogP contribution in [0.2, 0.25) is 0 Å². The van der Waals surface area contributed by atoms with Gasteiger partial charge in [-0.1, -0.05) is 6.42 Å². The van der Waals surface area contributed by atoms with E-state index in [1.807, 2.05) is 0 Å². The van der Waals surface area contributed by atoms with Crippen LogP contribution in [0.25, 0.3) is 11.5 Å². The lowest BCUT2D eigenvalue weighted by molar-refractivity contribution is 0.0442. The topological polar surface area (TPSA) is 75.8 Å². The highest BCUT2D eigenvalue weighted by Gasteiger charge is 2.28. The van der Waals surface area contributed by atoms with Crippen molar-refractivity contribution >= 4 is 5.97 Å². The molecule has 2 heterocycles. The van der Waals surface area contributed by atoms with E-state index in [2.05, 4.69) is 16.8 Å². The van der Waals surface area contributed by atoms with Crippen molar-refractivity contribution in [3.05, 3.63) is 41.8 Å². The number of piperidine rings is 1. The summed E-state index contributed by atoms with van der Waals surface area (Å²) in [5.74, 6) is 0.158. The van der Waals surface area contributed by atoms with Gasteiger partial charge in [0.2, 0.25) is 5.89 Å². The Kier molecular flexibility index (Phi) is 5.50. The molecule has 0 bridgehead atoms. The molecule has 1 aromatic heterocycles. The zero-order valence-electron chi connectivity index (χ0n) is 14.6. The van der Waals surface area contributed by atoms with Gasteiger partial charge in [0.15, 0.2) is 0 Å². The van der Waals surface area contributed by atoms with Crippen molar-refractivity contribution in [2.75, 3.05) is 13.7 Å². The lowest BCUT2D eigenvalue weighted by atomic mass is 9.97. The number of aliphatic hydroxyl groups excluding tert-OH is 1. The monoisotopic (exact) mass is 344 g/mol. The summed E-state index contributed by atoms with van der Waals surface area (Å²) in [6.45, 7) is 3.02. The molecule has 0 aliphatic carbocycles. The molecule has 25 heavy (non-hydrogen) atoms. The SMILES string of the molecule is COC(=O)c1ccc(-c2nc(CN3[C@H](CO)CCC[C@@H]3C)co2)cc1. The van der Waals surface area contributed by atoms with E-state index in [0.717, 1.165) is 30.5 Å². The summed E-state index contributed by atoms with van der Waals surface area (Å²) in [4.78, 5) is 18.4. The van der Waals surface area contributed by atoms with E-state index in [1.165, 1.54) is 7.11 Å². The summed E-state index contributed by atoms with van der Waals surface area (Å²) in [5.41, 5.74) is 2.15. The van der Waals surface area contributed by atoms with E-state index in [4.69, 9.17) is 9.15 Å². The van der Waals surface area contributed by atoms with Crippen LogP contribution in [-0.2, 0) is 11.3 Å². The summed E-state index contributed by atoms with van der Waals surface area (Å²) in [7, 11) is 1.36. The fourth-order valence-electron chi connectivity index (χ4n) is 3.39. The molecule has 0 saturated carbocycles. The molecule has 2 atom stereocenters. The minimum absolute atomic E-state index is 0.171. The van der Waals surface area contributed by atoms with Gasteiger partial charge in [0, 0.05) is 24.2 Å². The van der Waals surface area contributed by atoms with Gasteiger partial charge in [-0.25, -0.2) is 9.78 Å². The third kappa shape index (κ3) is 3.91. The van der Waals surface area contributed by atoms with Gasteiger partial charge in [-0.05, 0) is 44.0 Å². The maximum atomic E-state index is 11.5. The predicted octanol–water partition coefficient (Wildman–Crippen LogP) is 2.86. The van der Waals surface area contributed by atoms with E-state index >= 15 is 0 Å². The molecule has 1 saturated heterocycles. The Morgan fingerprint density at radius 1 is 1.36 bits per heavy atom. The Balaban J connectivity index is 1.72. The van der Waals surface area contributed by atoms with Crippen LogP contribution in [0.4, 0.5) is 0 Å². The molecule has 1 fully saturated rings. The molecule has 3 rings (SSSR count). The van der Waals surface area contributed by atoms with E-state index in [-0.39, 0.29) is 18.6 Å². The number of esters is 1. The molecular weight excluding hydrogens is 320 g/mol. The van der Waals surface area contributed by atoms with Gasteiger partial charge in [0.1, 0.15) is 6.26 Å². The van der Waals surface area contributed by atoms with Crippen LogP contribution in [0.3, 0.4) is 0 Å². The van der Waals surface area contributed by atoms with E-state index < -0.39 is 0 Å². The third-order valence-corrected chi connectivity index (χ3v) is 4.85. The second-order valence-corrected chi connectivity index (χ2v) is 6.50. The smallest absolute Gasteiger partial charge is 0.337 e. The summed E-state index contributed by atoms with van der Waals surface area (Å²) in [6.07, 6.45) is 4.97. The van der Waals surface area contributed by atoms with Gasteiger partial charge in [-0.3, -0.25) is 4.90 Å². The number of aromatic nitrogens is 1. The van der Waals surface area contributed by atoms with Crippen LogP contribution >= 0.6 is 0 Å². The maximum Gasteiger partial charge on any atom is 0.337 e. The second kappa shape index (κ2) is 7.80. The summed E-state index contributed by atoms with van der Waals surface area (Å²) in [5, 5.41) is 9.61. The highest BCUT2D eigenvalue weighted by molar-refractivity contribution is 5.89. The Hall–Kier alpha value is -2.18. The minimum atomic E-state index is -0.367. The first-order valence-corrected chi connectivity index (χ1v) is 8.62. The van der Waals surface area contributed by atoms with Crippen LogP contribution in [0.15, 0.2) is 34.9 Å². The lowest BCUT2D eigenvalue weighted by Gasteiger charge is -2.39. The fraction of sp³-hybridized carbons (Fsp3) is 0.474. The first-order valence-electron chi connectivity index (χ1n) is 8.62. The van der Waals surface area contributed by atoms with E-state index in [1.54, 1.807) is 30.5 Å². The van der Waals surface area contributed by atoms with Crippen LogP contribution in [0, 0.1) is 0 Å². The molecule has 0 radical (unpaired) electrons. The number of carbonyl (C=O) groups excluding carboxylic acids is 1. The van der Waals surface area contributed by atoms with E-state index in [9.17, 15) is 9.90 Å². The number of hydrogen-bond donors (Lipinski definition) is 1. The van der Waals surface area contributed by atoms with Crippen molar-refractivity contribution in [3.8, 4) is 11.5 Å².